The Labute approximate surface area is 119 Å². The number of nitrogens with zero attached hydrogens (tertiary/aromatic N) is 3. The van der Waals surface area contributed by atoms with E-state index in [-0.39, 0.29) is 15.9 Å². The van der Waals surface area contributed by atoms with Crippen LogP contribution in [0, 0.1) is 5.82 Å². The minimum Gasteiger partial charge on any atom is -0.382 e. The van der Waals surface area contributed by atoms with Gasteiger partial charge in [0.05, 0.1) is 5.56 Å². The van der Waals surface area contributed by atoms with Crippen molar-refractivity contribution in [3.8, 4) is 0 Å². The second kappa shape index (κ2) is 5.13. The molecule has 0 radical (unpaired) electrons. The molecule has 1 N–H and O–H groups in total. The fourth-order valence-corrected chi connectivity index (χ4v) is 2.26. The molecule has 20 heavy (non-hydrogen) atoms. The quantitative estimate of drug-likeness (QED) is 0.844. The van der Waals surface area contributed by atoms with Gasteiger partial charge in [0.25, 0.3) is 0 Å². The summed E-state index contributed by atoms with van der Waals surface area (Å²) in [7, 11) is 1.48. The maximum atomic E-state index is 13.2. The van der Waals surface area contributed by atoms with Gasteiger partial charge in [0, 0.05) is 7.05 Å². The van der Waals surface area contributed by atoms with Crippen LogP contribution in [-0.4, -0.2) is 20.1 Å². The monoisotopic (exact) mass is 353 g/mol. The zero-order chi connectivity index (χ0) is 15.1. The molecule has 4 nitrogen and oxygen atoms in total. The lowest BCUT2D eigenvalue weighted by Gasteiger charge is -2.14. The lowest BCUT2D eigenvalue weighted by Crippen LogP contribution is -2.12. The highest BCUT2D eigenvalue weighted by molar-refractivity contribution is 9.10. The van der Waals surface area contributed by atoms with Crippen LogP contribution in [0.5, 0.6) is 0 Å². The van der Waals surface area contributed by atoms with E-state index in [2.05, 4.69) is 26.2 Å². The maximum Gasteiger partial charge on any atom is 0.419 e. The molecule has 1 heterocycles. The third-order valence-corrected chi connectivity index (χ3v) is 3.26. The molecule has 0 aliphatic rings. The maximum absolute atomic E-state index is 13.2. The van der Waals surface area contributed by atoms with Crippen LogP contribution in [0.4, 0.5) is 17.6 Å². The van der Waals surface area contributed by atoms with Gasteiger partial charge < -0.3 is 5.11 Å². The Morgan fingerprint density at radius 3 is 2.50 bits per heavy atom. The molecule has 0 spiro atoms. The topological polar surface area (TPSA) is 50.9 Å². The lowest BCUT2D eigenvalue weighted by atomic mass is 10.0. The summed E-state index contributed by atoms with van der Waals surface area (Å²) in [4.78, 5) is 0. The molecule has 2 rings (SSSR count). The summed E-state index contributed by atoms with van der Waals surface area (Å²) in [5, 5.41) is 17.3. The number of alkyl halides is 3. The number of aromatic nitrogens is 3. The highest BCUT2D eigenvalue weighted by Crippen LogP contribution is 2.34. The molecule has 1 atom stereocenters. The summed E-state index contributed by atoms with van der Waals surface area (Å²) in [5.74, 6) is -1.39. The van der Waals surface area contributed by atoms with Crippen molar-refractivity contribution in [3.63, 3.8) is 0 Å². The van der Waals surface area contributed by atoms with Gasteiger partial charge in [-0.25, -0.2) is 9.07 Å². The zero-order valence-corrected chi connectivity index (χ0v) is 11.6. The summed E-state index contributed by atoms with van der Waals surface area (Å²) < 4.78 is 52.5. The molecular weight excluding hydrogens is 346 g/mol. The van der Waals surface area contributed by atoms with Gasteiger partial charge in [-0.1, -0.05) is 11.3 Å². The van der Waals surface area contributed by atoms with Gasteiger partial charge in [-0.2, -0.15) is 13.2 Å². The van der Waals surface area contributed by atoms with Crippen molar-refractivity contribution in [2.75, 3.05) is 0 Å². The number of rotatable bonds is 2. The number of aryl methyl sites for hydroxylation is 1. The summed E-state index contributed by atoms with van der Waals surface area (Å²) in [6.07, 6.45) is -6.24. The number of hydrogen-bond acceptors (Lipinski definition) is 3. The summed E-state index contributed by atoms with van der Waals surface area (Å²) >= 11 is 3.04. The van der Waals surface area contributed by atoms with Crippen molar-refractivity contribution in [3.05, 3.63) is 45.4 Å². The van der Waals surface area contributed by atoms with E-state index >= 15 is 0 Å². The molecule has 1 aromatic heterocycles. The van der Waals surface area contributed by atoms with Crippen LogP contribution in [0.2, 0.25) is 0 Å². The highest BCUT2D eigenvalue weighted by atomic mass is 79.9. The zero-order valence-electron chi connectivity index (χ0n) is 9.99. The SMILES string of the molecule is Cn1nnc(Br)c1C(O)c1ccc(F)c(C(F)(F)F)c1. The third-order valence-electron chi connectivity index (χ3n) is 2.70. The fraction of sp³-hybridized carbons (Fsp3) is 0.273. The molecule has 9 heteroatoms. The van der Waals surface area contributed by atoms with Crippen molar-refractivity contribution < 1.29 is 22.7 Å². The molecule has 1 aromatic carbocycles. The van der Waals surface area contributed by atoms with Gasteiger partial charge in [0.2, 0.25) is 0 Å². The molecule has 2 aromatic rings. The van der Waals surface area contributed by atoms with Gasteiger partial charge in [-0.3, -0.25) is 0 Å². The molecule has 108 valence electrons. The minimum atomic E-state index is -4.83. The smallest absolute Gasteiger partial charge is 0.382 e. The molecule has 0 saturated heterocycles. The lowest BCUT2D eigenvalue weighted by molar-refractivity contribution is -0.140. The number of benzene rings is 1. The van der Waals surface area contributed by atoms with Crippen LogP contribution >= 0.6 is 15.9 Å². The van der Waals surface area contributed by atoms with E-state index in [1.54, 1.807) is 0 Å². The van der Waals surface area contributed by atoms with Crippen LogP contribution in [0.15, 0.2) is 22.8 Å². The van der Waals surface area contributed by atoms with Crippen LogP contribution in [0.3, 0.4) is 0 Å². The summed E-state index contributed by atoms with van der Waals surface area (Å²) in [5.41, 5.74) is -1.37. The average Bonchev–Trinajstić information content (AvgIpc) is 2.67. The molecule has 0 aliphatic carbocycles. The van der Waals surface area contributed by atoms with Crippen molar-refractivity contribution >= 4 is 15.9 Å². The van der Waals surface area contributed by atoms with E-state index in [9.17, 15) is 22.7 Å². The van der Waals surface area contributed by atoms with Gasteiger partial charge in [0.1, 0.15) is 17.6 Å². The van der Waals surface area contributed by atoms with Crippen molar-refractivity contribution in [2.45, 2.75) is 12.3 Å². The molecule has 0 fully saturated rings. The Balaban J connectivity index is 2.49. The van der Waals surface area contributed by atoms with E-state index in [4.69, 9.17) is 0 Å². The predicted molar refractivity (Wildman–Crippen MR) is 64.2 cm³/mol. The summed E-state index contributed by atoms with van der Waals surface area (Å²) in [6, 6.07) is 2.31. The van der Waals surface area contributed by atoms with Crippen LogP contribution < -0.4 is 0 Å². The Hall–Kier alpha value is -1.48. The Morgan fingerprint density at radius 2 is 2.00 bits per heavy atom. The first kappa shape index (κ1) is 14.9. The molecule has 0 aliphatic heterocycles. The first-order valence-electron chi connectivity index (χ1n) is 5.31. The van der Waals surface area contributed by atoms with Gasteiger partial charge >= 0.3 is 6.18 Å². The first-order chi connectivity index (χ1) is 9.21. The number of aliphatic hydroxyl groups excluding tert-OH is 1. The van der Waals surface area contributed by atoms with E-state index in [1.165, 1.54) is 11.7 Å². The van der Waals surface area contributed by atoms with E-state index in [1.807, 2.05) is 0 Å². The second-order valence-electron chi connectivity index (χ2n) is 4.03. The third kappa shape index (κ3) is 2.68. The number of hydrogen-bond donors (Lipinski definition) is 1. The van der Waals surface area contributed by atoms with Crippen molar-refractivity contribution in [1.29, 1.82) is 0 Å². The van der Waals surface area contributed by atoms with Crippen LogP contribution in [-0.2, 0) is 13.2 Å². The molecule has 0 saturated carbocycles. The van der Waals surface area contributed by atoms with Crippen LogP contribution in [0.1, 0.15) is 22.9 Å². The van der Waals surface area contributed by atoms with E-state index < -0.39 is 23.7 Å². The standard InChI is InChI=1S/C11H8BrF4N3O/c1-19-8(10(12)17-18-19)9(20)5-2-3-7(13)6(4-5)11(14,15)16/h2-4,9,20H,1H3. The first-order valence-corrected chi connectivity index (χ1v) is 6.11. The molecule has 0 bridgehead atoms. The predicted octanol–water partition coefficient (Wildman–Crippen LogP) is 2.82. The van der Waals surface area contributed by atoms with Crippen molar-refractivity contribution in [1.82, 2.24) is 15.0 Å². The number of aliphatic hydroxyl groups is 1. The van der Waals surface area contributed by atoms with E-state index in [0.29, 0.717) is 12.1 Å². The van der Waals surface area contributed by atoms with Crippen LogP contribution in [0.25, 0.3) is 0 Å². The largest absolute Gasteiger partial charge is 0.419 e. The summed E-state index contributed by atoms with van der Waals surface area (Å²) in [6.45, 7) is 0. The second-order valence-corrected chi connectivity index (χ2v) is 4.78. The molecule has 1 unspecified atom stereocenters. The van der Waals surface area contributed by atoms with Crippen molar-refractivity contribution in [2.24, 2.45) is 7.05 Å². The average molecular weight is 354 g/mol. The highest BCUT2D eigenvalue weighted by Gasteiger charge is 2.35. The minimum absolute atomic E-state index is 0.107. The Bertz CT molecular complexity index is 622. The van der Waals surface area contributed by atoms with E-state index in [0.717, 1.165) is 6.07 Å². The Kier molecular flexibility index (Phi) is 3.83. The normalized spacial score (nSPS) is 13.6. The van der Waals surface area contributed by atoms with Gasteiger partial charge in [-0.05, 0) is 33.6 Å². The number of halogens is 5. The molecule has 0 amide bonds. The van der Waals surface area contributed by atoms with Gasteiger partial charge in [0.15, 0.2) is 4.60 Å². The fourth-order valence-electron chi connectivity index (χ4n) is 1.72. The Morgan fingerprint density at radius 1 is 1.35 bits per heavy atom. The molecular formula is C11H8BrF4N3O. The van der Waals surface area contributed by atoms with Gasteiger partial charge in [-0.15, -0.1) is 5.10 Å².